The van der Waals surface area contributed by atoms with E-state index in [1.807, 2.05) is 30.6 Å². The molecule has 4 fully saturated rings. The molecule has 27 heavy (non-hydrogen) atoms. The Morgan fingerprint density at radius 2 is 1.63 bits per heavy atom. The Morgan fingerprint density at radius 3 is 2.11 bits per heavy atom. The van der Waals surface area contributed by atoms with Crippen molar-refractivity contribution in [2.75, 3.05) is 39.3 Å². The van der Waals surface area contributed by atoms with Crippen LogP contribution in [0.5, 0.6) is 0 Å². The van der Waals surface area contributed by atoms with Gasteiger partial charge in [-0.1, -0.05) is 0 Å². The molecule has 4 aliphatic rings. The number of rotatable bonds is 4. The molecule has 1 spiro atoms. The van der Waals surface area contributed by atoms with Gasteiger partial charge < -0.3 is 14.5 Å². The van der Waals surface area contributed by atoms with Crippen molar-refractivity contribution < 1.29 is 14.3 Å². The summed E-state index contributed by atoms with van der Waals surface area (Å²) in [6, 6.07) is 0.655. The number of hydrogen-bond acceptors (Lipinski definition) is 4. The summed E-state index contributed by atoms with van der Waals surface area (Å²) in [4.78, 5) is 31.1. The van der Waals surface area contributed by atoms with Gasteiger partial charge in [0.2, 0.25) is 5.91 Å². The molecule has 2 saturated carbocycles. The number of ether oxygens (including phenoxy) is 1. The summed E-state index contributed by atoms with van der Waals surface area (Å²) in [5, 5.41) is 0. The first kappa shape index (κ1) is 19.0. The Labute approximate surface area is 163 Å². The SMILES string of the molecule is CCN(CC)C(=O)C1C2CN(C3CC4(C3)CN(C(=O)OC(C)(C)C)C4)C[C@H]21. The van der Waals surface area contributed by atoms with Crippen LogP contribution in [0.15, 0.2) is 0 Å². The van der Waals surface area contributed by atoms with Crippen LogP contribution in [-0.4, -0.2) is 77.6 Å². The van der Waals surface area contributed by atoms with E-state index in [9.17, 15) is 9.59 Å². The van der Waals surface area contributed by atoms with Crippen molar-refractivity contribution in [3.8, 4) is 0 Å². The van der Waals surface area contributed by atoms with Gasteiger partial charge in [0.15, 0.2) is 0 Å². The predicted molar refractivity (Wildman–Crippen MR) is 103 cm³/mol. The summed E-state index contributed by atoms with van der Waals surface area (Å²) >= 11 is 0. The van der Waals surface area contributed by atoms with Crippen LogP contribution in [0.25, 0.3) is 0 Å². The fourth-order valence-electron chi connectivity index (χ4n) is 5.64. The normalized spacial score (nSPS) is 31.9. The number of hydrogen-bond donors (Lipinski definition) is 0. The fraction of sp³-hybridized carbons (Fsp3) is 0.905. The van der Waals surface area contributed by atoms with Gasteiger partial charge in [0, 0.05) is 56.6 Å². The summed E-state index contributed by atoms with van der Waals surface area (Å²) in [5.74, 6) is 1.86. The van der Waals surface area contributed by atoms with E-state index in [-0.39, 0.29) is 6.09 Å². The molecule has 3 atom stereocenters. The van der Waals surface area contributed by atoms with Gasteiger partial charge in [-0.15, -0.1) is 0 Å². The van der Waals surface area contributed by atoms with Crippen LogP contribution < -0.4 is 0 Å². The highest BCUT2D eigenvalue weighted by atomic mass is 16.6. The molecule has 2 aliphatic carbocycles. The van der Waals surface area contributed by atoms with Crippen molar-refractivity contribution in [3.05, 3.63) is 0 Å². The molecule has 0 bridgehead atoms. The van der Waals surface area contributed by atoms with Gasteiger partial charge in [-0.25, -0.2) is 4.79 Å². The molecule has 6 nitrogen and oxygen atoms in total. The van der Waals surface area contributed by atoms with Crippen LogP contribution in [0, 0.1) is 23.2 Å². The van der Waals surface area contributed by atoms with Crippen LogP contribution in [0.4, 0.5) is 4.79 Å². The Hall–Kier alpha value is -1.30. The maximum Gasteiger partial charge on any atom is 0.410 e. The van der Waals surface area contributed by atoms with Crippen molar-refractivity contribution in [2.45, 2.75) is 59.1 Å². The van der Waals surface area contributed by atoms with Crippen molar-refractivity contribution in [1.82, 2.24) is 14.7 Å². The van der Waals surface area contributed by atoms with Crippen LogP contribution in [0.1, 0.15) is 47.5 Å². The lowest BCUT2D eigenvalue weighted by Crippen LogP contribution is -2.67. The first-order valence-electron chi connectivity index (χ1n) is 10.7. The van der Waals surface area contributed by atoms with E-state index in [0.717, 1.165) is 39.3 Å². The average Bonchev–Trinajstić information content (AvgIpc) is 2.99. The van der Waals surface area contributed by atoms with Crippen LogP contribution in [0.2, 0.25) is 0 Å². The molecule has 4 rings (SSSR count). The van der Waals surface area contributed by atoms with E-state index >= 15 is 0 Å². The van der Waals surface area contributed by atoms with Gasteiger partial charge in [0.1, 0.15) is 5.60 Å². The van der Waals surface area contributed by atoms with E-state index < -0.39 is 5.60 Å². The Bertz CT molecular complexity index is 599. The van der Waals surface area contributed by atoms with E-state index in [1.54, 1.807) is 0 Å². The second kappa shape index (κ2) is 6.36. The van der Waals surface area contributed by atoms with Crippen LogP contribution in [0.3, 0.4) is 0 Å². The topological polar surface area (TPSA) is 53.1 Å². The zero-order chi connectivity index (χ0) is 19.6. The number of likely N-dealkylation sites (tertiary alicyclic amines) is 2. The maximum atomic E-state index is 12.6. The lowest BCUT2D eigenvalue weighted by molar-refractivity contribution is -0.134. The van der Waals surface area contributed by atoms with Gasteiger partial charge in [-0.2, -0.15) is 0 Å². The largest absolute Gasteiger partial charge is 0.444 e. The zero-order valence-corrected chi connectivity index (χ0v) is 17.5. The summed E-state index contributed by atoms with van der Waals surface area (Å²) in [7, 11) is 0. The third-order valence-corrected chi connectivity index (χ3v) is 7.14. The standard InChI is InChI=1S/C21H35N3O3/c1-6-22(7-2)18(25)17-15-10-23(11-16(15)17)14-8-21(9-14)12-24(13-21)19(26)27-20(3,4)5/h14-17H,6-13H2,1-5H3/t15-,16?,17?/m1/s1. The number of carbonyl (C=O) groups excluding carboxylic acids is 2. The molecule has 2 aliphatic heterocycles. The van der Waals surface area contributed by atoms with E-state index in [0.29, 0.717) is 35.1 Å². The van der Waals surface area contributed by atoms with Gasteiger partial charge in [-0.05, 0) is 59.3 Å². The van der Waals surface area contributed by atoms with Gasteiger partial charge >= 0.3 is 6.09 Å². The summed E-state index contributed by atoms with van der Waals surface area (Å²) in [6.45, 7) is 15.4. The summed E-state index contributed by atoms with van der Waals surface area (Å²) in [5.41, 5.74) is -0.0809. The Kier molecular flexibility index (Phi) is 4.48. The minimum Gasteiger partial charge on any atom is -0.444 e. The van der Waals surface area contributed by atoms with E-state index in [2.05, 4.69) is 18.7 Å². The third-order valence-electron chi connectivity index (χ3n) is 7.14. The molecule has 0 aromatic heterocycles. The second-order valence-corrected chi connectivity index (χ2v) is 10.2. The van der Waals surface area contributed by atoms with Crippen molar-refractivity contribution in [2.24, 2.45) is 23.2 Å². The van der Waals surface area contributed by atoms with Crippen molar-refractivity contribution in [1.29, 1.82) is 0 Å². The lowest BCUT2D eigenvalue weighted by atomic mass is 9.60. The minimum atomic E-state index is -0.419. The molecular weight excluding hydrogens is 342 g/mol. The zero-order valence-electron chi connectivity index (χ0n) is 17.5. The number of nitrogens with zero attached hydrogens (tertiary/aromatic N) is 3. The van der Waals surface area contributed by atoms with Gasteiger partial charge in [0.25, 0.3) is 0 Å². The number of piperidine rings is 1. The Morgan fingerprint density at radius 1 is 1.07 bits per heavy atom. The summed E-state index contributed by atoms with van der Waals surface area (Å²) in [6.07, 6.45) is 2.22. The number of amides is 2. The molecule has 2 heterocycles. The first-order valence-corrected chi connectivity index (χ1v) is 10.7. The number of fused-ring (bicyclic) bond motifs is 1. The molecule has 2 unspecified atom stereocenters. The van der Waals surface area contributed by atoms with Crippen molar-refractivity contribution >= 4 is 12.0 Å². The molecule has 152 valence electrons. The van der Waals surface area contributed by atoms with Crippen LogP contribution in [-0.2, 0) is 9.53 Å². The molecule has 0 radical (unpaired) electrons. The lowest BCUT2D eigenvalue weighted by Gasteiger charge is -2.60. The molecule has 0 aromatic rings. The highest BCUT2D eigenvalue weighted by Gasteiger charge is 2.63. The third kappa shape index (κ3) is 3.34. The average molecular weight is 378 g/mol. The minimum absolute atomic E-state index is 0.170. The van der Waals surface area contributed by atoms with Gasteiger partial charge in [-0.3, -0.25) is 9.69 Å². The van der Waals surface area contributed by atoms with Crippen molar-refractivity contribution in [3.63, 3.8) is 0 Å². The highest BCUT2D eigenvalue weighted by molar-refractivity contribution is 5.82. The molecule has 0 aromatic carbocycles. The van der Waals surface area contributed by atoms with Gasteiger partial charge in [0.05, 0.1) is 0 Å². The summed E-state index contributed by atoms with van der Waals surface area (Å²) < 4.78 is 5.46. The Balaban J connectivity index is 1.19. The molecule has 2 amide bonds. The van der Waals surface area contributed by atoms with E-state index in [4.69, 9.17) is 4.74 Å². The van der Waals surface area contributed by atoms with E-state index in [1.165, 1.54) is 12.8 Å². The first-order chi connectivity index (χ1) is 12.7. The molecule has 6 heteroatoms. The molecule has 2 saturated heterocycles. The smallest absolute Gasteiger partial charge is 0.410 e. The fourth-order valence-corrected chi connectivity index (χ4v) is 5.64. The predicted octanol–water partition coefficient (Wildman–Crippen LogP) is 2.43. The quantitative estimate of drug-likeness (QED) is 0.755. The van der Waals surface area contributed by atoms with Crippen LogP contribution >= 0.6 is 0 Å². The molecule has 0 N–H and O–H groups in total. The molecular formula is C21H35N3O3. The maximum absolute atomic E-state index is 12.6. The monoisotopic (exact) mass is 377 g/mol. The number of carbonyl (C=O) groups is 2. The second-order valence-electron chi connectivity index (χ2n) is 10.2. The highest BCUT2D eigenvalue weighted by Crippen LogP contribution is 2.57.